The molecule has 0 unspecified atom stereocenters. The first kappa shape index (κ1) is 22.2. The Balaban J connectivity index is 1.56. The Labute approximate surface area is 192 Å². The predicted molar refractivity (Wildman–Crippen MR) is 125 cm³/mol. The van der Waals surface area contributed by atoms with Crippen molar-refractivity contribution < 1.29 is 14.2 Å². The molecule has 0 aliphatic heterocycles. The molecule has 1 aliphatic carbocycles. The van der Waals surface area contributed by atoms with E-state index in [9.17, 15) is 0 Å². The Kier molecular flexibility index (Phi) is 7.66. The molecule has 32 heavy (non-hydrogen) atoms. The molecule has 2 aromatic carbocycles. The smallest absolute Gasteiger partial charge is 0.327 e. The molecule has 1 N–H and O–H groups in total. The van der Waals surface area contributed by atoms with Crippen molar-refractivity contribution in [3.63, 3.8) is 0 Å². The van der Waals surface area contributed by atoms with Crippen LogP contribution in [0.15, 0.2) is 58.6 Å². The van der Waals surface area contributed by atoms with Crippen molar-refractivity contribution in [2.45, 2.75) is 54.6 Å². The van der Waals surface area contributed by atoms with Gasteiger partial charge in [0.25, 0.3) is 0 Å². The Hall–Kier alpha value is -3.00. The maximum Gasteiger partial charge on any atom is 0.327 e. The number of nitrogens with zero attached hydrogens (tertiary/aromatic N) is 3. The van der Waals surface area contributed by atoms with Gasteiger partial charge in [-0.25, -0.2) is 0 Å². The van der Waals surface area contributed by atoms with Crippen LogP contribution in [0.3, 0.4) is 0 Å². The van der Waals surface area contributed by atoms with Crippen LogP contribution in [-0.4, -0.2) is 35.2 Å². The number of hydrogen-bond acceptors (Lipinski definition) is 8. The maximum atomic E-state index is 5.96. The zero-order valence-electron chi connectivity index (χ0n) is 18.4. The van der Waals surface area contributed by atoms with Crippen LogP contribution in [-0.2, 0) is 0 Å². The van der Waals surface area contributed by atoms with E-state index in [0.29, 0.717) is 22.9 Å². The molecule has 168 valence electrons. The van der Waals surface area contributed by atoms with Gasteiger partial charge in [0.1, 0.15) is 17.2 Å². The van der Waals surface area contributed by atoms with Crippen molar-refractivity contribution >= 4 is 17.7 Å². The first-order valence-corrected chi connectivity index (χ1v) is 11.7. The lowest BCUT2D eigenvalue weighted by Gasteiger charge is -2.17. The molecule has 0 bridgehead atoms. The van der Waals surface area contributed by atoms with Crippen molar-refractivity contribution in [1.29, 1.82) is 0 Å². The third kappa shape index (κ3) is 6.26. The highest BCUT2D eigenvalue weighted by molar-refractivity contribution is 7.99. The number of nitrogens with one attached hydrogen (secondary N) is 1. The van der Waals surface area contributed by atoms with E-state index in [2.05, 4.69) is 20.3 Å². The van der Waals surface area contributed by atoms with Gasteiger partial charge in [-0.3, -0.25) is 0 Å². The molecule has 3 aromatic rings. The Morgan fingerprint density at radius 1 is 0.750 bits per heavy atom. The van der Waals surface area contributed by atoms with Crippen molar-refractivity contribution in [2.24, 2.45) is 0 Å². The van der Waals surface area contributed by atoms with E-state index in [1.54, 1.807) is 14.2 Å². The van der Waals surface area contributed by atoms with Crippen LogP contribution in [0.5, 0.6) is 23.3 Å². The van der Waals surface area contributed by atoms with E-state index in [1.165, 1.54) is 37.4 Å². The number of rotatable bonds is 8. The highest BCUT2D eigenvalue weighted by Crippen LogP contribution is 2.30. The topological polar surface area (TPSA) is 78.4 Å². The van der Waals surface area contributed by atoms with Gasteiger partial charge in [0.15, 0.2) is 0 Å². The van der Waals surface area contributed by atoms with Crippen LogP contribution in [0, 0.1) is 0 Å². The zero-order valence-corrected chi connectivity index (χ0v) is 19.2. The van der Waals surface area contributed by atoms with Crippen molar-refractivity contribution in [3.8, 4) is 23.3 Å². The summed E-state index contributed by atoms with van der Waals surface area (Å²) in [5.41, 5.74) is 0. The fourth-order valence-corrected chi connectivity index (χ4v) is 4.34. The van der Waals surface area contributed by atoms with Crippen LogP contribution >= 0.6 is 11.8 Å². The van der Waals surface area contributed by atoms with Crippen LogP contribution < -0.4 is 19.5 Å². The molecule has 1 aliphatic rings. The minimum absolute atomic E-state index is 0.261. The van der Waals surface area contributed by atoms with E-state index in [-0.39, 0.29) is 6.01 Å². The molecule has 4 rings (SSSR count). The van der Waals surface area contributed by atoms with Crippen molar-refractivity contribution in [1.82, 2.24) is 15.0 Å². The van der Waals surface area contributed by atoms with Gasteiger partial charge >= 0.3 is 6.01 Å². The van der Waals surface area contributed by atoms with Crippen LogP contribution in [0.1, 0.15) is 38.5 Å². The predicted octanol–water partition coefficient (Wildman–Crippen LogP) is 5.97. The van der Waals surface area contributed by atoms with Gasteiger partial charge < -0.3 is 19.5 Å². The molecule has 0 atom stereocenters. The SMILES string of the molecule is COc1ccc(Oc2nc(NC3CCCCCC3)nc(Sc3ccc(OC)cc3)n2)cc1. The second-order valence-corrected chi connectivity index (χ2v) is 8.65. The Morgan fingerprint density at radius 2 is 1.34 bits per heavy atom. The number of hydrogen-bond donors (Lipinski definition) is 1. The monoisotopic (exact) mass is 452 g/mol. The summed E-state index contributed by atoms with van der Waals surface area (Å²) in [5.74, 6) is 2.76. The molecule has 7 nitrogen and oxygen atoms in total. The average Bonchev–Trinajstić information content (AvgIpc) is 3.08. The van der Waals surface area contributed by atoms with E-state index in [0.717, 1.165) is 29.2 Å². The number of aromatic nitrogens is 3. The molecule has 0 spiro atoms. The van der Waals surface area contributed by atoms with E-state index >= 15 is 0 Å². The molecule has 8 heteroatoms. The van der Waals surface area contributed by atoms with Gasteiger partial charge in [-0.2, -0.15) is 15.0 Å². The molecule has 0 radical (unpaired) electrons. The second kappa shape index (κ2) is 11.0. The fraction of sp³-hybridized carbons (Fsp3) is 0.375. The summed E-state index contributed by atoms with van der Waals surface area (Å²) in [7, 11) is 3.29. The maximum absolute atomic E-state index is 5.96. The largest absolute Gasteiger partial charge is 0.497 e. The first-order chi connectivity index (χ1) is 15.7. The fourth-order valence-electron chi connectivity index (χ4n) is 3.60. The van der Waals surface area contributed by atoms with Crippen LogP contribution in [0.4, 0.5) is 5.95 Å². The van der Waals surface area contributed by atoms with Crippen LogP contribution in [0.2, 0.25) is 0 Å². The number of methoxy groups -OCH3 is 2. The zero-order chi connectivity index (χ0) is 22.2. The van der Waals surface area contributed by atoms with Gasteiger partial charge in [0, 0.05) is 10.9 Å². The molecular weight excluding hydrogens is 424 g/mol. The minimum atomic E-state index is 0.261. The van der Waals surface area contributed by atoms with E-state index < -0.39 is 0 Å². The molecule has 1 aromatic heterocycles. The third-order valence-corrected chi connectivity index (χ3v) is 6.19. The highest BCUT2D eigenvalue weighted by atomic mass is 32.2. The molecule has 1 saturated carbocycles. The molecule has 0 saturated heterocycles. The molecule has 1 heterocycles. The van der Waals surface area contributed by atoms with Crippen LogP contribution in [0.25, 0.3) is 0 Å². The van der Waals surface area contributed by atoms with Gasteiger partial charge in [-0.1, -0.05) is 25.7 Å². The van der Waals surface area contributed by atoms with Gasteiger partial charge in [0.05, 0.1) is 14.2 Å². The average molecular weight is 453 g/mol. The third-order valence-electron chi connectivity index (χ3n) is 5.32. The summed E-state index contributed by atoms with van der Waals surface area (Å²) in [6.45, 7) is 0. The quantitative estimate of drug-likeness (QED) is 0.419. The normalized spacial score (nSPS) is 14.4. The molecular formula is C24H28N4O3S. The lowest BCUT2D eigenvalue weighted by molar-refractivity contribution is 0.409. The summed E-state index contributed by atoms with van der Waals surface area (Å²) in [6.07, 6.45) is 7.29. The minimum Gasteiger partial charge on any atom is -0.497 e. The summed E-state index contributed by atoms with van der Waals surface area (Å²) in [6, 6.07) is 15.8. The lowest BCUT2D eigenvalue weighted by atomic mass is 10.1. The van der Waals surface area contributed by atoms with Crippen molar-refractivity contribution in [2.75, 3.05) is 19.5 Å². The summed E-state index contributed by atoms with van der Waals surface area (Å²) < 4.78 is 16.4. The van der Waals surface area contributed by atoms with E-state index in [1.807, 2.05) is 48.5 Å². The number of ether oxygens (including phenoxy) is 3. The van der Waals surface area contributed by atoms with Crippen molar-refractivity contribution in [3.05, 3.63) is 48.5 Å². The first-order valence-electron chi connectivity index (χ1n) is 10.9. The van der Waals surface area contributed by atoms with Gasteiger partial charge in [-0.05, 0) is 73.1 Å². The van der Waals surface area contributed by atoms with Gasteiger partial charge in [-0.15, -0.1) is 0 Å². The summed E-state index contributed by atoms with van der Waals surface area (Å²) >= 11 is 1.46. The summed E-state index contributed by atoms with van der Waals surface area (Å²) in [5, 5.41) is 4.09. The number of benzene rings is 2. The second-order valence-electron chi connectivity index (χ2n) is 7.61. The lowest BCUT2D eigenvalue weighted by Crippen LogP contribution is -2.20. The summed E-state index contributed by atoms with van der Waals surface area (Å²) in [4.78, 5) is 14.8. The standard InChI is InChI=1S/C24H28N4O3S/c1-29-18-9-11-20(12-10-18)31-23-26-22(25-17-7-5-3-4-6-8-17)27-24(28-23)32-21-15-13-19(30-2)14-16-21/h9-17H,3-8H2,1-2H3,(H,25,26,27,28). The van der Waals surface area contributed by atoms with Gasteiger partial charge in [0.2, 0.25) is 11.1 Å². The highest BCUT2D eigenvalue weighted by Gasteiger charge is 2.16. The Bertz CT molecular complexity index is 923. The molecule has 0 amide bonds. The number of anilines is 1. The van der Waals surface area contributed by atoms with E-state index in [4.69, 9.17) is 14.2 Å². The Morgan fingerprint density at radius 3 is 1.97 bits per heavy atom. The molecule has 1 fully saturated rings.